The Hall–Kier alpha value is -0.590. The van der Waals surface area contributed by atoms with Gasteiger partial charge in [0.2, 0.25) is 0 Å². The molecule has 0 N–H and O–H groups in total. The average molecular weight is 196 g/mol. The fourth-order valence-electron chi connectivity index (χ4n) is 1.46. The summed E-state index contributed by atoms with van der Waals surface area (Å²) in [6.07, 6.45) is 8.63. The molecule has 1 heteroatoms. The standard InChI is InChI=1S/C13H24O/c1-11(2)7-5-8-12(3)9-6-10-13(4)14/h6,10-12H,5,7-9H2,1-4H3/b10-6-/t12-/m1/s1. The van der Waals surface area contributed by atoms with Gasteiger partial charge in [0.25, 0.3) is 0 Å². The molecule has 0 aliphatic carbocycles. The topological polar surface area (TPSA) is 17.1 Å². The van der Waals surface area contributed by atoms with Crippen LogP contribution in [0.4, 0.5) is 0 Å². The zero-order chi connectivity index (χ0) is 11.0. The van der Waals surface area contributed by atoms with Gasteiger partial charge in [-0.3, -0.25) is 4.79 Å². The van der Waals surface area contributed by atoms with Crippen molar-refractivity contribution >= 4 is 5.78 Å². The molecular weight excluding hydrogens is 172 g/mol. The van der Waals surface area contributed by atoms with Crippen molar-refractivity contribution in [2.24, 2.45) is 11.8 Å². The number of carbonyl (C=O) groups is 1. The summed E-state index contributed by atoms with van der Waals surface area (Å²) in [7, 11) is 0. The largest absolute Gasteiger partial charge is 0.295 e. The van der Waals surface area contributed by atoms with E-state index in [4.69, 9.17) is 0 Å². The van der Waals surface area contributed by atoms with Crippen LogP contribution in [0.1, 0.15) is 53.4 Å². The molecule has 0 heterocycles. The number of hydrogen-bond donors (Lipinski definition) is 0. The molecule has 0 aliphatic rings. The van der Waals surface area contributed by atoms with Gasteiger partial charge in [-0.25, -0.2) is 0 Å². The summed E-state index contributed by atoms with van der Waals surface area (Å²) in [5.41, 5.74) is 0. The Bertz CT molecular complexity index is 180. The Morgan fingerprint density at radius 3 is 2.36 bits per heavy atom. The van der Waals surface area contributed by atoms with Crippen LogP contribution in [0.3, 0.4) is 0 Å². The maximum absolute atomic E-state index is 10.6. The predicted octanol–water partition coefficient (Wildman–Crippen LogP) is 3.98. The minimum atomic E-state index is 0.152. The van der Waals surface area contributed by atoms with Crippen molar-refractivity contribution in [2.45, 2.75) is 53.4 Å². The fraction of sp³-hybridized carbons (Fsp3) is 0.769. The van der Waals surface area contributed by atoms with E-state index in [0.29, 0.717) is 5.92 Å². The SMILES string of the molecule is CC(=O)/C=C\C[C@H](C)CCCC(C)C. The third-order valence-electron chi connectivity index (χ3n) is 2.37. The van der Waals surface area contributed by atoms with Crippen molar-refractivity contribution in [1.82, 2.24) is 0 Å². The first kappa shape index (κ1) is 13.4. The molecule has 0 spiro atoms. The second kappa shape index (κ2) is 7.78. The van der Waals surface area contributed by atoms with E-state index in [1.54, 1.807) is 13.0 Å². The Balaban J connectivity index is 3.45. The van der Waals surface area contributed by atoms with E-state index in [9.17, 15) is 4.79 Å². The molecule has 0 saturated carbocycles. The normalized spacial score (nSPS) is 13.8. The van der Waals surface area contributed by atoms with E-state index < -0.39 is 0 Å². The summed E-state index contributed by atoms with van der Waals surface area (Å²) in [5, 5.41) is 0. The molecule has 0 rings (SSSR count). The van der Waals surface area contributed by atoms with Crippen LogP contribution in [0.25, 0.3) is 0 Å². The fourth-order valence-corrected chi connectivity index (χ4v) is 1.46. The molecule has 0 aromatic heterocycles. The van der Waals surface area contributed by atoms with E-state index in [1.165, 1.54) is 19.3 Å². The van der Waals surface area contributed by atoms with Gasteiger partial charge in [-0.2, -0.15) is 0 Å². The number of allylic oxidation sites excluding steroid dienone is 2. The van der Waals surface area contributed by atoms with Crippen LogP contribution in [0.15, 0.2) is 12.2 Å². The van der Waals surface area contributed by atoms with Gasteiger partial charge in [-0.1, -0.05) is 46.1 Å². The molecule has 0 fully saturated rings. The van der Waals surface area contributed by atoms with Crippen molar-refractivity contribution in [3.63, 3.8) is 0 Å². The van der Waals surface area contributed by atoms with Crippen LogP contribution in [-0.4, -0.2) is 5.78 Å². The van der Waals surface area contributed by atoms with E-state index in [0.717, 1.165) is 12.3 Å². The Kier molecular flexibility index (Phi) is 7.45. The molecule has 82 valence electrons. The summed E-state index contributed by atoms with van der Waals surface area (Å²) >= 11 is 0. The van der Waals surface area contributed by atoms with Crippen LogP contribution in [-0.2, 0) is 4.79 Å². The maximum Gasteiger partial charge on any atom is 0.152 e. The van der Waals surface area contributed by atoms with Gasteiger partial charge < -0.3 is 0 Å². The Morgan fingerprint density at radius 2 is 1.86 bits per heavy atom. The first-order chi connectivity index (χ1) is 6.52. The van der Waals surface area contributed by atoms with Crippen molar-refractivity contribution in [2.75, 3.05) is 0 Å². The van der Waals surface area contributed by atoms with Crippen molar-refractivity contribution < 1.29 is 4.79 Å². The second-order valence-electron chi connectivity index (χ2n) is 4.68. The van der Waals surface area contributed by atoms with Crippen LogP contribution in [0, 0.1) is 11.8 Å². The molecule has 0 unspecified atom stereocenters. The van der Waals surface area contributed by atoms with Gasteiger partial charge in [-0.05, 0) is 31.3 Å². The Morgan fingerprint density at radius 1 is 1.21 bits per heavy atom. The van der Waals surface area contributed by atoms with Gasteiger partial charge in [0.05, 0.1) is 0 Å². The van der Waals surface area contributed by atoms with Crippen molar-refractivity contribution in [3.8, 4) is 0 Å². The highest BCUT2D eigenvalue weighted by molar-refractivity contribution is 5.87. The van der Waals surface area contributed by atoms with Gasteiger partial charge in [0.15, 0.2) is 5.78 Å². The molecule has 0 saturated heterocycles. The number of ketones is 1. The summed E-state index contributed by atoms with van der Waals surface area (Å²) in [6, 6.07) is 0. The van der Waals surface area contributed by atoms with Crippen molar-refractivity contribution in [3.05, 3.63) is 12.2 Å². The van der Waals surface area contributed by atoms with Crippen LogP contribution < -0.4 is 0 Å². The predicted molar refractivity (Wildman–Crippen MR) is 62.3 cm³/mol. The summed E-state index contributed by atoms with van der Waals surface area (Å²) in [4.78, 5) is 10.6. The van der Waals surface area contributed by atoms with E-state index in [2.05, 4.69) is 20.8 Å². The summed E-state index contributed by atoms with van der Waals surface area (Å²) < 4.78 is 0. The van der Waals surface area contributed by atoms with E-state index >= 15 is 0 Å². The zero-order valence-electron chi connectivity index (χ0n) is 10.0. The molecule has 0 radical (unpaired) electrons. The molecule has 1 atom stereocenters. The second-order valence-corrected chi connectivity index (χ2v) is 4.68. The summed E-state index contributed by atoms with van der Waals surface area (Å²) in [5.74, 6) is 1.68. The number of carbonyl (C=O) groups excluding carboxylic acids is 1. The first-order valence-corrected chi connectivity index (χ1v) is 5.69. The molecule has 0 amide bonds. The quantitative estimate of drug-likeness (QED) is 0.563. The molecule has 0 aromatic carbocycles. The number of rotatable bonds is 7. The zero-order valence-corrected chi connectivity index (χ0v) is 10.0. The van der Waals surface area contributed by atoms with Gasteiger partial charge >= 0.3 is 0 Å². The molecule has 14 heavy (non-hydrogen) atoms. The first-order valence-electron chi connectivity index (χ1n) is 5.69. The third-order valence-corrected chi connectivity index (χ3v) is 2.37. The molecule has 0 aromatic rings. The monoisotopic (exact) mass is 196 g/mol. The summed E-state index contributed by atoms with van der Waals surface area (Å²) in [6.45, 7) is 8.38. The van der Waals surface area contributed by atoms with Crippen molar-refractivity contribution in [1.29, 1.82) is 0 Å². The molecule has 1 nitrogen and oxygen atoms in total. The van der Waals surface area contributed by atoms with E-state index in [1.807, 2.05) is 6.08 Å². The van der Waals surface area contributed by atoms with E-state index in [-0.39, 0.29) is 5.78 Å². The lowest BCUT2D eigenvalue weighted by Crippen LogP contribution is -1.95. The Labute approximate surface area is 88.6 Å². The molecule has 0 aliphatic heterocycles. The van der Waals surface area contributed by atoms with Crippen LogP contribution in [0.2, 0.25) is 0 Å². The van der Waals surface area contributed by atoms with Gasteiger partial charge in [0.1, 0.15) is 0 Å². The number of hydrogen-bond acceptors (Lipinski definition) is 1. The molecular formula is C13H24O. The highest BCUT2D eigenvalue weighted by Crippen LogP contribution is 2.15. The maximum atomic E-state index is 10.6. The van der Waals surface area contributed by atoms with Crippen LogP contribution in [0.5, 0.6) is 0 Å². The highest BCUT2D eigenvalue weighted by Gasteiger charge is 2.00. The lowest BCUT2D eigenvalue weighted by molar-refractivity contribution is -0.112. The highest BCUT2D eigenvalue weighted by atomic mass is 16.1. The lowest BCUT2D eigenvalue weighted by atomic mass is 9.97. The third kappa shape index (κ3) is 9.50. The lowest BCUT2D eigenvalue weighted by Gasteiger charge is -2.09. The van der Waals surface area contributed by atoms with Gasteiger partial charge in [-0.15, -0.1) is 0 Å². The van der Waals surface area contributed by atoms with Gasteiger partial charge in [0, 0.05) is 0 Å². The smallest absolute Gasteiger partial charge is 0.152 e. The average Bonchev–Trinajstić information content (AvgIpc) is 2.02. The minimum absolute atomic E-state index is 0.152. The molecule has 0 bridgehead atoms. The minimum Gasteiger partial charge on any atom is -0.295 e. The van der Waals surface area contributed by atoms with Crippen LogP contribution >= 0.6 is 0 Å².